The van der Waals surface area contributed by atoms with E-state index in [0.29, 0.717) is 16.7 Å². The number of likely N-dealkylation sites (tertiary alicyclic amines) is 1. The summed E-state index contributed by atoms with van der Waals surface area (Å²) >= 11 is 5.47. The van der Waals surface area contributed by atoms with Crippen LogP contribution >= 0.6 is 12.2 Å². The van der Waals surface area contributed by atoms with Crippen LogP contribution in [0, 0.1) is 4.77 Å². The topological polar surface area (TPSA) is 41.0 Å². The fourth-order valence-electron chi connectivity index (χ4n) is 3.74. The van der Waals surface area contributed by atoms with Crippen molar-refractivity contribution >= 4 is 23.1 Å². The molecule has 0 aliphatic carbocycles. The second kappa shape index (κ2) is 7.56. The van der Waals surface area contributed by atoms with E-state index in [2.05, 4.69) is 28.1 Å². The van der Waals surface area contributed by atoms with Crippen molar-refractivity contribution in [1.29, 1.82) is 0 Å². The zero-order valence-corrected chi connectivity index (χ0v) is 15.6. The number of nitrogens with zero attached hydrogens (tertiary/aromatic N) is 2. The Balaban J connectivity index is 1.69. The van der Waals surface area contributed by atoms with Crippen LogP contribution in [0.2, 0.25) is 0 Å². The number of piperidine rings is 1. The second-order valence-corrected chi connectivity index (χ2v) is 7.36. The molecule has 2 aromatic carbocycles. The van der Waals surface area contributed by atoms with E-state index in [0.717, 1.165) is 30.7 Å². The Morgan fingerprint density at radius 1 is 0.885 bits per heavy atom. The van der Waals surface area contributed by atoms with Gasteiger partial charge in [0, 0.05) is 6.54 Å². The van der Waals surface area contributed by atoms with Crippen LogP contribution in [-0.4, -0.2) is 27.5 Å². The van der Waals surface area contributed by atoms with Gasteiger partial charge in [-0.05, 0) is 61.4 Å². The molecule has 1 aromatic heterocycles. The Kier molecular flexibility index (Phi) is 5.00. The largest absolute Gasteiger partial charge is 0.332 e. The average molecular weight is 366 g/mol. The molecule has 4 nitrogen and oxygen atoms in total. The maximum atomic E-state index is 12.9. The highest BCUT2D eigenvalue weighted by Gasteiger charge is 2.13. The Morgan fingerprint density at radius 3 is 2.31 bits per heavy atom. The van der Waals surface area contributed by atoms with Crippen molar-refractivity contribution in [2.45, 2.75) is 32.4 Å². The normalized spacial score (nSPS) is 15.4. The van der Waals surface area contributed by atoms with Crippen LogP contribution in [0.1, 0.15) is 30.4 Å². The number of rotatable bonds is 4. The minimum atomic E-state index is -0.0304. The van der Waals surface area contributed by atoms with Gasteiger partial charge in [-0.15, -0.1) is 0 Å². The van der Waals surface area contributed by atoms with E-state index in [1.54, 1.807) is 4.57 Å². The van der Waals surface area contributed by atoms with Gasteiger partial charge >= 0.3 is 0 Å². The highest BCUT2D eigenvalue weighted by molar-refractivity contribution is 7.71. The van der Waals surface area contributed by atoms with Crippen LogP contribution in [0.15, 0.2) is 53.3 Å². The zero-order chi connectivity index (χ0) is 17.9. The quantitative estimate of drug-likeness (QED) is 0.708. The van der Waals surface area contributed by atoms with Crippen molar-refractivity contribution < 1.29 is 0 Å². The third-order valence-electron chi connectivity index (χ3n) is 5.18. The standard InChI is InChI=1S/C21H23N3OS/c25-20-18-10-4-5-11-19(18)22-21(26)24(20)15-17-9-3-2-8-16(17)14-23-12-6-1-7-13-23/h2-5,8-11H,1,6-7,12-15H2,(H,22,26). The second-order valence-electron chi connectivity index (χ2n) is 6.97. The minimum Gasteiger partial charge on any atom is -0.332 e. The zero-order valence-electron chi connectivity index (χ0n) is 14.8. The highest BCUT2D eigenvalue weighted by atomic mass is 32.1. The first-order valence-corrected chi connectivity index (χ1v) is 9.64. The van der Waals surface area contributed by atoms with Crippen LogP contribution < -0.4 is 5.56 Å². The summed E-state index contributed by atoms with van der Waals surface area (Å²) in [5, 5.41) is 0.676. The molecule has 0 spiro atoms. The van der Waals surface area contributed by atoms with Crippen LogP contribution in [0.3, 0.4) is 0 Å². The van der Waals surface area contributed by atoms with Crippen molar-refractivity contribution in [2.24, 2.45) is 0 Å². The van der Waals surface area contributed by atoms with E-state index >= 15 is 0 Å². The maximum Gasteiger partial charge on any atom is 0.262 e. The molecule has 4 rings (SSSR count). The number of hydrogen-bond acceptors (Lipinski definition) is 3. The number of nitrogens with one attached hydrogen (secondary N) is 1. The van der Waals surface area contributed by atoms with Gasteiger partial charge in [0.1, 0.15) is 0 Å². The molecule has 0 saturated carbocycles. The van der Waals surface area contributed by atoms with Gasteiger partial charge in [0.05, 0.1) is 17.4 Å². The predicted molar refractivity (Wildman–Crippen MR) is 108 cm³/mol. The first kappa shape index (κ1) is 17.2. The Labute approximate surface area is 158 Å². The molecule has 0 unspecified atom stereocenters. The lowest BCUT2D eigenvalue weighted by Gasteiger charge is -2.27. The lowest BCUT2D eigenvalue weighted by atomic mass is 10.0. The van der Waals surface area contributed by atoms with E-state index < -0.39 is 0 Å². The third-order valence-corrected chi connectivity index (χ3v) is 5.50. The van der Waals surface area contributed by atoms with Gasteiger partial charge in [-0.3, -0.25) is 14.3 Å². The van der Waals surface area contributed by atoms with E-state index in [1.165, 1.54) is 24.8 Å². The van der Waals surface area contributed by atoms with E-state index in [1.807, 2.05) is 30.3 Å². The minimum absolute atomic E-state index is 0.0304. The Hall–Kier alpha value is -2.24. The first-order chi connectivity index (χ1) is 12.7. The molecule has 5 heteroatoms. The molecule has 1 N–H and O–H groups in total. The molecule has 0 atom stereocenters. The molecule has 1 fully saturated rings. The van der Waals surface area contributed by atoms with E-state index in [9.17, 15) is 4.79 Å². The highest BCUT2D eigenvalue weighted by Crippen LogP contribution is 2.17. The van der Waals surface area contributed by atoms with Crippen molar-refractivity contribution in [3.8, 4) is 0 Å². The summed E-state index contributed by atoms with van der Waals surface area (Å²) in [6.45, 7) is 3.76. The number of hydrogen-bond donors (Lipinski definition) is 1. The molecular formula is C21H23N3OS. The molecule has 0 radical (unpaired) electrons. The van der Waals surface area contributed by atoms with Gasteiger partial charge in [0.25, 0.3) is 5.56 Å². The number of para-hydroxylation sites is 1. The van der Waals surface area contributed by atoms with Crippen LogP contribution in [0.5, 0.6) is 0 Å². The van der Waals surface area contributed by atoms with Crippen LogP contribution in [0.25, 0.3) is 10.9 Å². The lowest BCUT2D eigenvalue weighted by molar-refractivity contribution is 0.220. The molecule has 0 bridgehead atoms. The van der Waals surface area contributed by atoms with Gasteiger partial charge in [-0.2, -0.15) is 0 Å². The maximum absolute atomic E-state index is 12.9. The average Bonchev–Trinajstić information content (AvgIpc) is 2.67. The third kappa shape index (κ3) is 3.50. The number of benzene rings is 2. The first-order valence-electron chi connectivity index (χ1n) is 9.23. The number of aromatic nitrogens is 2. The number of aromatic amines is 1. The van der Waals surface area contributed by atoms with Crippen molar-refractivity contribution in [1.82, 2.24) is 14.5 Å². The van der Waals surface area contributed by atoms with Gasteiger partial charge in [0.2, 0.25) is 0 Å². The fraction of sp³-hybridized carbons (Fsp3) is 0.333. The van der Waals surface area contributed by atoms with Crippen LogP contribution in [-0.2, 0) is 13.1 Å². The van der Waals surface area contributed by atoms with E-state index in [-0.39, 0.29) is 5.56 Å². The Morgan fingerprint density at radius 2 is 1.54 bits per heavy atom. The fourth-order valence-corrected chi connectivity index (χ4v) is 3.99. The predicted octanol–water partition coefficient (Wildman–Crippen LogP) is 4.09. The molecule has 26 heavy (non-hydrogen) atoms. The summed E-state index contributed by atoms with van der Waals surface area (Å²) in [6.07, 6.45) is 3.88. The smallest absolute Gasteiger partial charge is 0.262 e. The molecule has 0 amide bonds. The van der Waals surface area contributed by atoms with Gasteiger partial charge in [-0.25, -0.2) is 0 Å². The summed E-state index contributed by atoms with van der Waals surface area (Å²) in [5.74, 6) is 0. The molecular weight excluding hydrogens is 342 g/mol. The molecule has 1 aliphatic heterocycles. The summed E-state index contributed by atoms with van der Waals surface area (Å²) in [5.41, 5.74) is 3.20. The number of H-pyrrole nitrogens is 1. The van der Waals surface area contributed by atoms with Gasteiger partial charge in [-0.1, -0.05) is 42.8 Å². The summed E-state index contributed by atoms with van der Waals surface area (Å²) in [6, 6.07) is 15.9. The molecule has 1 aliphatic rings. The summed E-state index contributed by atoms with van der Waals surface area (Å²) in [7, 11) is 0. The Bertz CT molecular complexity index is 1030. The van der Waals surface area contributed by atoms with Gasteiger partial charge in [0.15, 0.2) is 4.77 Å². The SMILES string of the molecule is O=c1c2ccccc2[nH]c(=S)n1Cc1ccccc1CN1CCCCC1. The summed E-state index contributed by atoms with van der Waals surface area (Å²) < 4.78 is 2.15. The van der Waals surface area contributed by atoms with Crippen molar-refractivity contribution in [3.05, 3.63) is 74.8 Å². The molecule has 2 heterocycles. The monoisotopic (exact) mass is 365 g/mol. The lowest BCUT2D eigenvalue weighted by Crippen LogP contribution is -2.30. The summed E-state index contributed by atoms with van der Waals surface area (Å²) in [4.78, 5) is 18.6. The molecule has 134 valence electrons. The number of fused-ring (bicyclic) bond motifs is 1. The van der Waals surface area contributed by atoms with Crippen molar-refractivity contribution in [3.63, 3.8) is 0 Å². The molecule has 1 saturated heterocycles. The molecule has 3 aromatic rings. The van der Waals surface area contributed by atoms with Crippen LogP contribution in [0.4, 0.5) is 0 Å². The van der Waals surface area contributed by atoms with Crippen molar-refractivity contribution in [2.75, 3.05) is 13.1 Å². The van der Waals surface area contributed by atoms with E-state index in [4.69, 9.17) is 12.2 Å². The van der Waals surface area contributed by atoms with Gasteiger partial charge < -0.3 is 4.98 Å².